The van der Waals surface area contributed by atoms with Crippen LogP contribution in [0.2, 0.25) is 0 Å². The van der Waals surface area contributed by atoms with Crippen LogP contribution >= 0.6 is 11.3 Å². The number of ether oxygens (including phenoxy) is 1. The van der Waals surface area contributed by atoms with Crippen LogP contribution in [0.4, 0.5) is 17.2 Å². The maximum Gasteiger partial charge on any atom is 0.223 e. The van der Waals surface area contributed by atoms with Crippen LogP contribution in [0.3, 0.4) is 0 Å². The lowest BCUT2D eigenvalue weighted by atomic mass is 9.97. The number of aryl methyl sites for hydroxylation is 2. The Hall–Kier alpha value is -3.73. The Labute approximate surface area is 215 Å². The van der Waals surface area contributed by atoms with E-state index in [1.807, 2.05) is 6.07 Å². The van der Waals surface area contributed by atoms with Crippen molar-refractivity contribution in [1.29, 1.82) is 5.41 Å². The van der Waals surface area contributed by atoms with E-state index >= 15 is 0 Å². The van der Waals surface area contributed by atoms with Gasteiger partial charge < -0.3 is 31.0 Å². The highest BCUT2D eigenvalue weighted by Crippen LogP contribution is 2.40. The van der Waals surface area contributed by atoms with E-state index in [1.165, 1.54) is 39.3 Å². The number of hydrogen-bond donors (Lipinski definition) is 3. The smallest absolute Gasteiger partial charge is 0.223 e. The lowest BCUT2D eigenvalue weighted by molar-refractivity contribution is -0.129. The summed E-state index contributed by atoms with van der Waals surface area (Å²) in [5, 5.41) is 12.0. The average Bonchev–Trinajstić information content (AvgIpc) is 3.27. The molecule has 11 heteroatoms. The molecule has 0 aliphatic heterocycles. The summed E-state index contributed by atoms with van der Waals surface area (Å²) in [6.45, 7) is 0.487. The third kappa shape index (κ3) is 6.28. The van der Waals surface area contributed by atoms with Crippen LogP contribution in [0.25, 0.3) is 10.2 Å². The monoisotopic (exact) mass is 511 g/mol. The standard InChI is InChI=1S/C18H19N5OS.C7H14N2O2/c1-24-14-7-12(20)10(8-19)6-13(14)23-17-16-11-4-2-3-5-15(11)25-18(16)22-9-21-17;1-8(2)7(11)4-5-9(3)6-10/h6-9,19H,2-5,20H2,1H3,(H,21,22,23);6H,4-5H2,1-3H3. The second-order valence-electron chi connectivity index (χ2n) is 8.69. The van der Waals surface area contributed by atoms with Crippen molar-refractivity contribution in [3.63, 3.8) is 0 Å². The number of carbonyl (C=O) groups is 2. The summed E-state index contributed by atoms with van der Waals surface area (Å²) < 4.78 is 5.45. The van der Waals surface area contributed by atoms with E-state index in [4.69, 9.17) is 15.9 Å². The molecule has 3 aromatic rings. The number of anilines is 3. The molecule has 0 atom stereocenters. The van der Waals surface area contributed by atoms with Gasteiger partial charge in [-0.1, -0.05) is 0 Å². The fourth-order valence-corrected chi connectivity index (χ4v) is 5.09. The van der Waals surface area contributed by atoms with Crippen molar-refractivity contribution < 1.29 is 14.3 Å². The zero-order valence-corrected chi connectivity index (χ0v) is 21.9. The number of benzene rings is 1. The first-order valence-corrected chi connectivity index (χ1v) is 12.5. The van der Waals surface area contributed by atoms with Gasteiger partial charge >= 0.3 is 0 Å². The van der Waals surface area contributed by atoms with Crippen LogP contribution in [0.1, 0.15) is 35.3 Å². The van der Waals surface area contributed by atoms with Crippen molar-refractivity contribution >= 4 is 57.3 Å². The zero-order chi connectivity index (χ0) is 26.2. The van der Waals surface area contributed by atoms with Gasteiger partial charge in [0.05, 0.1) is 18.2 Å². The summed E-state index contributed by atoms with van der Waals surface area (Å²) in [5.41, 5.74) is 9.22. The molecule has 0 saturated carbocycles. The van der Waals surface area contributed by atoms with Crippen LogP contribution in [0.15, 0.2) is 18.5 Å². The maximum atomic E-state index is 10.9. The number of carbonyl (C=O) groups excluding carboxylic acids is 2. The molecule has 0 bridgehead atoms. The van der Waals surface area contributed by atoms with Crippen LogP contribution in [-0.4, -0.2) is 73.1 Å². The van der Waals surface area contributed by atoms with Crippen molar-refractivity contribution in [3.8, 4) is 5.75 Å². The van der Waals surface area contributed by atoms with Crippen molar-refractivity contribution in [2.45, 2.75) is 32.1 Å². The second-order valence-corrected chi connectivity index (χ2v) is 9.77. The van der Waals surface area contributed by atoms with Gasteiger partial charge in [0.1, 0.15) is 22.7 Å². The number of methoxy groups -OCH3 is 1. The molecule has 4 rings (SSSR count). The largest absolute Gasteiger partial charge is 0.494 e. The normalized spacial score (nSPS) is 12.1. The summed E-state index contributed by atoms with van der Waals surface area (Å²) in [6, 6.07) is 3.54. The van der Waals surface area contributed by atoms with Crippen LogP contribution in [0.5, 0.6) is 5.75 Å². The van der Waals surface area contributed by atoms with Gasteiger partial charge in [-0.2, -0.15) is 0 Å². The van der Waals surface area contributed by atoms with Gasteiger partial charge in [-0.05, 0) is 37.3 Å². The number of nitrogens with one attached hydrogen (secondary N) is 2. The van der Waals surface area contributed by atoms with Gasteiger partial charge in [0.25, 0.3) is 0 Å². The lowest BCUT2D eigenvalue weighted by Crippen LogP contribution is -2.27. The number of fused-ring (bicyclic) bond motifs is 3. The van der Waals surface area contributed by atoms with Crippen LogP contribution in [-0.2, 0) is 22.4 Å². The molecule has 10 nitrogen and oxygen atoms in total. The Kier molecular flexibility index (Phi) is 9.18. The molecule has 0 unspecified atom stereocenters. The fourth-order valence-electron chi connectivity index (χ4n) is 3.86. The summed E-state index contributed by atoms with van der Waals surface area (Å²) in [5.74, 6) is 1.45. The van der Waals surface area contributed by atoms with Gasteiger partial charge in [0.2, 0.25) is 12.3 Å². The van der Waals surface area contributed by atoms with Crippen LogP contribution in [0, 0.1) is 5.41 Å². The second kappa shape index (κ2) is 12.3. The summed E-state index contributed by atoms with van der Waals surface area (Å²) in [6.07, 6.45) is 8.57. The molecule has 1 aliphatic rings. The molecule has 0 radical (unpaired) electrons. The molecule has 2 heterocycles. The summed E-state index contributed by atoms with van der Waals surface area (Å²) >= 11 is 1.77. The molecule has 2 amide bonds. The minimum atomic E-state index is 0.0405. The minimum Gasteiger partial charge on any atom is -0.494 e. The first-order chi connectivity index (χ1) is 17.3. The van der Waals surface area contributed by atoms with Gasteiger partial charge in [0, 0.05) is 62.5 Å². The number of thiophene rings is 1. The van der Waals surface area contributed by atoms with Crippen molar-refractivity contribution in [3.05, 3.63) is 34.5 Å². The summed E-state index contributed by atoms with van der Waals surface area (Å²) in [4.78, 5) is 35.4. The van der Waals surface area contributed by atoms with Gasteiger partial charge in [-0.25, -0.2) is 9.97 Å². The van der Waals surface area contributed by atoms with Gasteiger partial charge in [-0.15, -0.1) is 11.3 Å². The third-order valence-electron chi connectivity index (χ3n) is 5.92. The van der Waals surface area contributed by atoms with E-state index in [0.717, 1.165) is 34.6 Å². The van der Waals surface area contributed by atoms with Crippen LogP contribution < -0.4 is 15.8 Å². The number of hydrogen-bond acceptors (Lipinski definition) is 9. The average molecular weight is 512 g/mol. The highest BCUT2D eigenvalue weighted by Gasteiger charge is 2.20. The van der Waals surface area contributed by atoms with Crippen molar-refractivity contribution in [1.82, 2.24) is 19.8 Å². The number of nitrogens with two attached hydrogens (primary N) is 1. The Morgan fingerprint density at radius 2 is 2.00 bits per heavy atom. The van der Waals surface area contributed by atoms with Crippen molar-refractivity contribution in [2.75, 3.05) is 45.8 Å². The number of aromatic nitrogens is 2. The Balaban J connectivity index is 0.000000280. The Morgan fingerprint density at radius 3 is 2.67 bits per heavy atom. The minimum absolute atomic E-state index is 0.0405. The molecule has 4 N–H and O–H groups in total. The Bertz CT molecular complexity index is 1240. The lowest BCUT2D eigenvalue weighted by Gasteiger charge is -2.15. The predicted octanol–water partition coefficient (Wildman–Crippen LogP) is 3.46. The zero-order valence-electron chi connectivity index (χ0n) is 21.1. The predicted molar refractivity (Wildman–Crippen MR) is 145 cm³/mol. The summed E-state index contributed by atoms with van der Waals surface area (Å²) in [7, 11) is 6.65. The number of rotatable bonds is 8. The first-order valence-electron chi connectivity index (χ1n) is 11.6. The molecule has 1 aliphatic carbocycles. The SMILES string of the molecule is CN(C=O)CCC(=O)N(C)C.COc1cc(N)c(C=N)cc1Nc1ncnc2sc3c(c12)CCCC3. The third-order valence-corrected chi connectivity index (χ3v) is 7.12. The molecule has 0 fully saturated rings. The fraction of sp³-hybridized carbons (Fsp3) is 0.400. The highest BCUT2D eigenvalue weighted by atomic mass is 32.1. The molecule has 192 valence electrons. The van der Waals surface area contributed by atoms with E-state index in [-0.39, 0.29) is 5.91 Å². The molecular weight excluding hydrogens is 478 g/mol. The highest BCUT2D eigenvalue weighted by molar-refractivity contribution is 7.19. The quantitative estimate of drug-likeness (QED) is 0.239. The topological polar surface area (TPSA) is 138 Å². The number of nitrogens with zero attached hydrogens (tertiary/aromatic N) is 4. The molecule has 36 heavy (non-hydrogen) atoms. The van der Waals surface area contributed by atoms with E-state index in [1.54, 1.807) is 52.0 Å². The number of nitrogen functional groups attached to an aromatic ring is 1. The first kappa shape index (κ1) is 26.9. The van der Waals surface area contributed by atoms with E-state index < -0.39 is 0 Å². The van der Waals surface area contributed by atoms with E-state index in [9.17, 15) is 9.59 Å². The Morgan fingerprint density at radius 1 is 1.25 bits per heavy atom. The number of amides is 2. The van der Waals surface area contributed by atoms with E-state index in [2.05, 4.69) is 15.3 Å². The van der Waals surface area contributed by atoms with Gasteiger partial charge in [-0.3, -0.25) is 9.59 Å². The van der Waals surface area contributed by atoms with Crippen molar-refractivity contribution in [2.24, 2.45) is 0 Å². The van der Waals surface area contributed by atoms with E-state index in [0.29, 0.717) is 36.4 Å². The molecule has 1 aromatic carbocycles. The molecule has 2 aromatic heterocycles. The maximum absolute atomic E-state index is 10.9. The molecule has 0 spiro atoms. The van der Waals surface area contributed by atoms with Gasteiger partial charge in [0.15, 0.2) is 0 Å². The molecule has 0 saturated heterocycles. The molecular formula is C25H33N7O3S.